The van der Waals surface area contributed by atoms with Gasteiger partial charge in [0, 0.05) is 18.3 Å². The quantitative estimate of drug-likeness (QED) is 0.631. The van der Waals surface area contributed by atoms with E-state index in [1.54, 1.807) is 18.2 Å². The maximum atomic E-state index is 11.5. The zero-order chi connectivity index (χ0) is 20.3. The number of halogens is 2. The SMILES string of the molecule is CC(=O)O[C@@H]1[C@@H](Oc2ccc(Br)cc2Cl)O[C@H]([C@H](C)O)[C@@H](O)[C@@H]1OC(C)=O. The molecule has 1 aliphatic rings. The van der Waals surface area contributed by atoms with Crippen LogP contribution in [0.1, 0.15) is 20.8 Å². The molecular weight excluding hydrogens is 448 g/mol. The molecule has 1 aromatic carbocycles. The lowest BCUT2D eigenvalue weighted by Crippen LogP contribution is -2.63. The van der Waals surface area contributed by atoms with Crippen LogP contribution in [-0.2, 0) is 23.8 Å². The Morgan fingerprint density at radius 3 is 2.33 bits per heavy atom. The second-order valence-corrected chi connectivity index (χ2v) is 7.36. The van der Waals surface area contributed by atoms with Gasteiger partial charge in [-0.25, -0.2) is 0 Å². The van der Waals surface area contributed by atoms with Gasteiger partial charge in [0.1, 0.15) is 18.0 Å². The van der Waals surface area contributed by atoms with Crippen LogP contribution >= 0.6 is 27.5 Å². The topological polar surface area (TPSA) is 112 Å². The molecule has 0 bridgehead atoms. The number of aliphatic hydroxyl groups excluding tert-OH is 2. The summed E-state index contributed by atoms with van der Waals surface area (Å²) in [6, 6.07) is 4.82. The molecule has 8 nitrogen and oxygen atoms in total. The summed E-state index contributed by atoms with van der Waals surface area (Å²) < 4.78 is 22.4. The van der Waals surface area contributed by atoms with Crippen LogP contribution in [0, 0.1) is 0 Å². The molecule has 10 heteroatoms. The Kier molecular flexibility index (Phi) is 7.47. The zero-order valence-electron chi connectivity index (χ0n) is 14.8. The first kappa shape index (κ1) is 21.9. The van der Waals surface area contributed by atoms with Gasteiger partial charge in [0.2, 0.25) is 12.4 Å². The van der Waals surface area contributed by atoms with E-state index in [1.165, 1.54) is 6.92 Å². The molecule has 0 aliphatic carbocycles. The number of hydrogen-bond donors (Lipinski definition) is 2. The first-order valence-electron chi connectivity index (χ1n) is 8.08. The van der Waals surface area contributed by atoms with Gasteiger partial charge < -0.3 is 29.2 Å². The number of hydrogen-bond acceptors (Lipinski definition) is 8. The van der Waals surface area contributed by atoms with Gasteiger partial charge in [-0.15, -0.1) is 0 Å². The molecule has 1 aromatic rings. The summed E-state index contributed by atoms with van der Waals surface area (Å²) >= 11 is 9.42. The molecule has 0 radical (unpaired) electrons. The Bertz CT molecular complexity index is 698. The third kappa shape index (κ3) is 5.55. The van der Waals surface area contributed by atoms with E-state index in [1.807, 2.05) is 0 Å². The summed E-state index contributed by atoms with van der Waals surface area (Å²) in [5, 5.41) is 20.6. The number of benzene rings is 1. The van der Waals surface area contributed by atoms with Crippen LogP contribution in [0.4, 0.5) is 0 Å². The van der Waals surface area contributed by atoms with Crippen LogP contribution < -0.4 is 4.74 Å². The van der Waals surface area contributed by atoms with Crippen LogP contribution in [-0.4, -0.2) is 59.0 Å². The molecule has 2 N–H and O–H groups in total. The molecule has 0 amide bonds. The molecular formula is C17H20BrClO8. The summed E-state index contributed by atoms with van der Waals surface area (Å²) in [4.78, 5) is 23.0. The summed E-state index contributed by atoms with van der Waals surface area (Å²) in [7, 11) is 0. The Morgan fingerprint density at radius 1 is 1.22 bits per heavy atom. The van der Waals surface area contributed by atoms with Crippen molar-refractivity contribution >= 4 is 39.5 Å². The molecule has 1 aliphatic heterocycles. The summed E-state index contributed by atoms with van der Waals surface area (Å²) in [6.45, 7) is 3.70. The number of carbonyl (C=O) groups is 2. The predicted octanol–water partition coefficient (Wildman–Crippen LogP) is 1.81. The number of carbonyl (C=O) groups excluding carboxylic acids is 2. The van der Waals surface area contributed by atoms with Crippen molar-refractivity contribution in [2.75, 3.05) is 0 Å². The highest BCUT2D eigenvalue weighted by Gasteiger charge is 2.52. The zero-order valence-corrected chi connectivity index (χ0v) is 17.1. The number of esters is 2. The van der Waals surface area contributed by atoms with Gasteiger partial charge >= 0.3 is 11.9 Å². The maximum absolute atomic E-state index is 11.5. The third-order valence-corrected chi connectivity index (χ3v) is 4.56. The fourth-order valence-electron chi connectivity index (χ4n) is 2.68. The van der Waals surface area contributed by atoms with E-state index in [9.17, 15) is 19.8 Å². The minimum Gasteiger partial charge on any atom is -0.459 e. The Labute approximate surface area is 169 Å². The van der Waals surface area contributed by atoms with Crippen LogP contribution in [0.2, 0.25) is 5.02 Å². The minimum absolute atomic E-state index is 0.212. The van der Waals surface area contributed by atoms with Crippen molar-refractivity contribution < 1.29 is 38.7 Å². The van der Waals surface area contributed by atoms with Crippen molar-refractivity contribution in [3.05, 3.63) is 27.7 Å². The smallest absolute Gasteiger partial charge is 0.303 e. The van der Waals surface area contributed by atoms with Crippen molar-refractivity contribution in [1.29, 1.82) is 0 Å². The molecule has 150 valence electrons. The Morgan fingerprint density at radius 2 is 1.81 bits per heavy atom. The van der Waals surface area contributed by atoms with Crippen molar-refractivity contribution in [2.45, 2.75) is 57.6 Å². The lowest BCUT2D eigenvalue weighted by atomic mass is 9.95. The normalized spacial score (nSPS) is 28.9. The van der Waals surface area contributed by atoms with Gasteiger partial charge in [-0.1, -0.05) is 27.5 Å². The molecule has 0 saturated carbocycles. The average molecular weight is 468 g/mol. The largest absolute Gasteiger partial charge is 0.459 e. The summed E-state index contributed by atoms with van der Waals surface area (Å²) in [5.74, 6) is -1.19. The average Bonchev–Trinajstić information content (AvgIpc) is 2.54. The molecule has 0 aromatic heterocycles. The highest BCUT2D eigenvalue weighted by Crippen LogP contribution is 2.33. The first-order chi connectivity index (χ1) is 12.6. The van der Waals surface area contributed by atoms with Gasteiger partial charge in [-0.3, -0.25) is 9.59 Å². The van der Waals surface area contributed by atoms with E-state index in [-0.39, 0.29) is 10.8 Å². The van der Waals surface area contributed by atoms with E-state index >= 15 is 0 Å². The summed E-state index contributed by atoms with van der Waals surface area (Å²) in [5.41, 5.74) is 0. The fraction of sp³-hybridized carbons (Fsp3) is 0.529. The molecule has 1 saturated heterocycles. The molecule has 1 fully saturated rings. The number of rotatable bonds is 5. The lowest BCUT2D eigenvalue weighted by Gasteiger charge is -2.43. The molecule has 0 spiro atoms. The van der Waals surface area contributed by atoms with E-state index in [4.69, 9.17) is 30.5 Å². The van der Waals surface area contributed by atoms with Gasteiger partial charge in [0.25, 0.3) is 0 Å². The molecule has 1 heterocycles. The van der Waals surface area contributed by atoms with Crippen LogP contribution in [0.5, 0.6) is 5.75 Å². The van der Waals surface area contributed by atoms with Crippen LogP contribution in [0.3, 0.4) is 0 Å². The van der Waals surface area contributed by atoms with Gasteiger partial charge in [0.05, 0.1) is 11.1 Å². The Balaban J connectivity index is 2.38. The number of ether oxygens (including phenoxy) is 4. The first-order valence-corrected chi connectivity index (χ1v) is 9.25. The van der Waals surface area contributed by atoms with Crippen molar-refractivity contribution in [3.63, 3.8) is 0 Å². The van der Waals surface area contributed by atoms with Crippen molar-refractivity contribution in [2.24, 2.45) is 0 Å². The fourth-order valence-corrected chi connectivity index (χ4v) is 3.40. The van der Waals surface area contributed by atoms with Crippen LogP contribution in [0.15, 0.2) is 22.7 Å². The highest BCUT2D eigenvalue weighted by molar-refractivity contribution is 9.10. The molecule has 27 heavy (non-hydrogen) atoms. The molecule has 6 atom stereocenters. The van der Waals surface area contributed by atoms with E-state index in [0.29, 0.717) is 0 Å². The van der Waals surface area contributed by atoms with Gasteiger partial charge in [0.15, 0.2) is 6.10 Å². The van der Waals surface area contributed by atoms with Crippen molar-refractivity contribution in [1.82, 2.24) is 0 Å². The van der Waals surface area contributed by atoms with E-state index < -0.39 is 48.7 Å². The molecule has 0 unspecified atom stereocenters. The van der Waals surface area contributed by atoms with E-state index in [2.05, 4.69) is 15.9 Å². The van der Waals surface area contributed by atoms with Gasteiger partial charge in [-0.05, 0) is 25.1 Å². The van der Waals surface area contributed by atoms with Crippen molar-refractivity contribution in [3.8, 4) is 5.75 Å². The van der Waals surface area contributed by atoms with Gasteiger partial charge in [-0.2, -0.15) is 0 Å². The minimum atomic E-state index is -1.45. The summed E-state index contributed by atoms with van der Waals surface area (Å²) in [6.07, 6.45) is -7.60. The standard InChI is InChI=1S/C17H20BrClO8/c1-7(20)14-13(23)15(24-8(2)21)16(25-9(3)22)17(27-14)26-12-5-4-10(18)6-11(12)19/h4-7,13-17,20,23H,1-3H3/t7-,13+,14+,15-,16-,17-/m0/s1. The number of aliphatic hydroxyl groups is 2. The Hall–Kier alpha value is -1.39. The third-order valence-electron chi connectivity index (χ3n) is 3.77. The second-order valence-electron chi connectivity index (χ2n) is 6.04. The van der Waals surface area contributed by atoms with Crippen LogP contribution in [0.25, 0.3) is 0 Å². The molecule has 2 rings (SSSR count). The van der Waals surface area contributed by atoms with E-state index in [0.717, 1.165) is 18.3 Å². The lowest BCUT2D eigenvalue weighted by molar-refractivity contribution is -0.292. The predicted molar refractivity (Wildman–Crippen MR) is 97.2 cm³/mol. The maximum Gasteiger partial charge on any atom is 0.303 e. The second kappa shape index (κ2) is 9.20. The highest BCUT2D eigenvalue weighted by atomic mass is 79.9. The monoisotopic (exact) mass is 466 g/mol.